The molecule has 2 aliphatic carbocycles. The molecule has 0 aromatic heterocycles. The molecule has 0 spiro atoms. The Labute approximate surface area is 93.8 Å². The first-order chi connectivity index (χ1) is 7.51. The average Bonchev–Trinajstić information content (AvgIpc) is 2.79. The zero-order chi connectivity index (χ0) is 11.1. The van der Waals surface area contributed by atoms with Gasteiger partial charge in [0.2, 0.25) is 0 Å². The van der Waals surface area contributed by atoms with Crippen LogP contribution in [0.4, 0.5) is 0 Å². The van der Waals surface area contributed by atoms with E-state index in [1.165, 1.54) is 0 Å². The van der Waals surface area contributed by atoms with Crippen LogP contribution in [-0.2, 0) is 9.47 Å². The van der Waals surface area contributed by atoms with E-state index in [-0.39, 0.29) is 24.0 Å². The molecule has 88 valence electrons. The van der Waals surface area contributed by atoms with Gasteiger partial charge in [0.25, 0.3) is 0 Å². The maximum atomic E-state index is 10.6. The van der Waals surface area contributed by atoms with Crippen molar-refractivity contribution in [1.82, 2.24) is 5.43 Å². The number of rotatable bonds is 0. The van der Waals surface area contributed by atoms with Crippen molar-refractivity contribution in [3.05, 3.63) is 0 Å². The molecular formula is C11H16N2O3. The molecule has 2 heterocycles. The summed E-state index contributed by atoms with van der Waals surface area (Å²) < 4.78 is 11.8. The highest BCUT2D eigenvalue weighted by Crippen LogP contribution is 2.59. The van der Waals surface area contributed by atoms with Crippen molar-refractivity contribution in [2.45, 2.75) is 44.0 Å². The Balaban J connectivity index is 1.74. The number of hydrogen-bond donors (Lipinski definition) is 2. The number of fused-ring (bicyclic) bond motifs is 8. The number of ether oxygens (including phenoxy) is 2. The number of nitrogens with one attached hydrogen (secondary N) is 1. The van der Waals surface area contributed by atoms with E-state index < -0.39 is 11.5 Å². The van der Waals surface area contributed by atoms with Gasteiger partial charge < -0.3 is 14.6 Å². The zero-order valence-corrected chi connectivity index (χ0v) is 9.38. The molecule has 2 saturated carbocycles. The molecule has 5 heteroatoms. The molecule has 0 unspecified atom stereocenters. The average molecular weight is 224 g/mol. The van der Waals surface area contributed by atoms with Crippen molar-refractivity contribution in [3.63, 3.8) is 0 Å². The fourth-order valence-electron chi connectivity index (χ4n) is 3.98. The topological polar surface area (TPSA) is 63.1 Å². The Bertz CT molecular complexity index is 383. The standard InChI is InChI=1S/C11H16N2O3/c1-10(2)15-8-5-3-6(9(8)16-10)11(14)7(5)4-12-13-11/h4-9,13-14H,3H2,1-2H3/t5-,6-,7+,8-,9+,11+/m1/s1. The molecule has 0 aromatic rings. The molecule has 2 aliphatic heterocycles. The van der Waals surface area contributed by atoms with E-state index in [9.17, 15) is 5.11 Å². The number of hydrogen-bond acceptors (Lipinski definition) is 5. The molecule has 0 aromatic carbocycles. The maximum absolute atomic E-state index is 10.6. The third-order valence-corrected chi connectivity index (χ3v) is 4.52. The van der Waals surface area contributed by atoms with E-state index in [2.05, 4.69) is 10.5 Å². The summed E-state index contributed by atoms with van der Waals surface area (Å²) >= 11 is 0. The smallest absolute Gasteiger partial charge is 0.164 e. The molecule has 4 aliphatic rings. The second-order valence-corrected chi connectivity index (χ2v) is 5.81. The van der Waals surface area contributed by atoms with Crippen LogP contribution in [-0.4, -0.2) is 35.0 Å². The van der Waals surface area contributed by atoms with Gasteiger partial charge in [-0.25, -0.2) is 0 Å². The molecule has 0 radical (unpaired) electrons. The highest BCUT2D eigenvalue weighted by atomic mass is 16.8. The van der Waals surface area contributed by atoms with Gasteiger partial charge in [0, 0.05) is 18.1 Å². The van der Waals surface area contributed by atoms with E-state index in [0.717, 1.165) is 6.42 Å². The second-order valence-electron chi connectivity index (χ2n) is 5.81. The van der Waals surface area contributed by atoms with Crippen molar-refractivity contribution in [3.8, 4) is 0 Å². The maximum Gasteiger partial charge on any atom is 0.164 e. The Morgan fingerprint density at radius 2 is 2.12 bits per heavy atom. The molecule has 3 fully saturated rings. The minimum Gasteiger partial charge on any atom is -0.369 e. The van der Waals surface area contributed by atoms with Crippen LogP contribution in [0, 0.1) is 17.8 Å². The Hall–Kier alpha value is -0.650. The van der Waals surface area contributed by atoms with E-state index in [1.54, 1.807) is 0 Å². The molecule has 2 N–H and O–H groups in total. The summed E-state index contributed by atoms with van der Waals surface area (Å²) in [4.78, 5) is 0. The van der Waals surface area contributed by atoms with Crippen LogP contribution < -0.4 is 5.43 Å². The van der Waals surface area contributed by atoms with E-state index in [1.807, 2.05) is 20.1 Å². The van der Waals surface area contributed by atoms with E-state index >= 15 is 0 Å². The van der Waals surface area contributed by atoms with Gasteiger partial charge >= 0.3 is 0 Å². The van der Waals surface area contributed by atoms with Crippen LogP contribution in [0.25, 0.3) is 0 Å². The quantitative estimate of drug-likeness (QED) is 0.610. The van der Waals surface area contributed by atoms with E-state index in [0.29, 0.717) is 5.92 Å². The zero-order valence-electron chi connectivity index (χ0n) is 9.38. The molecule has 2 bridgehead atoms. The summed E-state index contributed by atoms with van der Waals surface area (Å²) in [7, 11) is 0. The predicted molar refractivity (Wildman–Crippen MR) is 55.5 cm³/mol. The van der Waals surface area contributed by atoms with Gasteiger partial charge in [-0.3, -0.25) is 5.43 Å². The van der Waals surface area contributed by atoms with Crippen molar-refractivity contribution in [1.29, 1.82) is 0 Å². The third kappa shape index (κ3) is 0.871. The van der Waals surface area contributed by atoms with Gasteiger partial charge in [-0.1, -0.05) is 0 Å². The first-order valence-corrected chi connectivity index (χ1v) is 5.90. The van der Waals surface area contributed by atoms with Crippen LogP contribution in [0.1, 0.15) is 20.3 Å². The van der Waals surface area contributed by atoms with Gasteiger partial charge in [0.1, 0.15) is 0 Å². The summed E-state index contributed by atoms with van der Waals surface area (Å²) in [5, 5.41) is 14.6. The highest BCUT2D eigenvalue weighted by Gasteiger charge is 2.71. The number of aliphatic hydroxyl groups is 1. The molecule has 5 nitrogen and oxygen atoms in total. The summed E-state index contributed by atoms with van der Waals surface area (Å²) in [5.74, 6) is -0.00757. The predicted octanol–water partition coefficient (Wildman–Crippen LogP) is 0.0500. The van der Waals surface area contributed by atoms with Gasteiger partial charge in [-0.2, -0.15) is 5.10 Å². The lowest BCUT2D eigenvalue weighted by atomic mass is 9.80. The first-order valence-electron chi connectivity index (χ1n) is 5.90. The molecular weight excluding hydrogens is 208 g/mol. The Kier molecular flexibility index (Phi) is 1.43. The number of nitrogens with zero attached hydrogens (tertiary/aromatic N) is 1. The fraction of sp³-hybridized carbons (Fsp3) is 0.909. The largest absolute Gasteiger partial charge is 0.369 e. The molecule has 4 rings (SSSR count). The fourth-order valence-corrected chi connectivity index (χ4v) is 3.98. The lowest BCUT2D eigenvalue weighted by Crippen LogP contribution is -2.57. The van der Waals surface area contributed by atoms with Crippen molar-refractivity contribution >= 4 is 6.21 Å². The van der Waals surface area contributed by atoms with E-state index in [4.69, 9.17) is 9.47 Å². The van der Waals surface area contributed by atoms with Gasteiger partial charge in [-0.15, -0.1) is 0 Å². The van der Waals surface area contributed by atoms with Crippen molar-refractivity contribution < 1.29 is 14.6 Å². The lowest BCUT2D eigenvalue weighted by molar-refractivity contribution is -0.163. The Morgan fingerprint density at radius 1 is 1.38 bits per heavy atom. The molecule has 16 heavy (non-hydrogen) atoms. The second kappa shape index (κ2) is 2.44. The summed E-state index contributed by atoms with van der Waals surface area (Å²) in [6.07, 6.45) is 2.92. The Morgan fingerprint density at radius 3 is 2.94 bits per heavy atom. The van der Waals surface area contributed by atoms with Crippen LogP contribution in [0.5, 0.6) is 0 Å². The minimum absolute atomic E-state index is 0.00968. The summed E-state index contributed by atoms with van der Waals surface area (Å²) in [6, 6.07) is 0. The van der Waals surface area contributed by atoms with Gasteiger partial charge in [0.15, 0.2) is 11.5 Å². The lowest BCUT2D eigenvalue weighted by Gasteiger charge is -2.37. The number of hydrazone groups is 1. The normalized spacial score (nSPS) is 59.8. The van der Waals surface area contributed by atoms with Crippen LogP contribution in [0.3, 0.4) is 0 Å². The highest BCUT2D eigenvalue weighted by molar-refractivity contribution is 5.67. The van der Waals surface area contributed by atoms with Gasteiger partial charge in [0.05, 0.1) is 18.1 Å². The monoisotopic (exact) mass is 224 g/mol. The molecule has 1 saturated heterocycles. The first kappa shape index (κ1) is 9.39. The third-order valence-electron chi connectivity index (χ3n) is 4.52. The summed E-state index contributed by atoms with van der Waals surface area (Å²) in [5.41, 5.74) is 1.96. The van der Waals surface area contributed by atoms with Crippen molar-refractivity contribution in [2.75, 3.05) is 0 Å². The molecule has 6 atom stereocenters. The van der Waals surface area contributed by atoms with Crippen LogP contribution >= 0.6 is 0 Å². The van der Waals surface area contributed by atoms with Crippen LogP contribution in [0.15, 0.2) is 5.10 Å². The minimum atomic E-state index is -0.893. The van der Waals surface area contributed by atoms with Crippen molar-refractivity contribution in [2.24, 2.45) is 22.9 Å². The van der Waals surface area contributed by atoms with Gasteiger partial charge in [-0.05, 0) is 20.3 Å². The molecule has 0 amide bonds. The van der Waals surface area contributed by atoms with Crippen LogP contribution in [0.2, 0.25) is 0 Å². The summed E-state index contributed by atoms with van der Waals surface area (Å²) in [6.45, 7) is 3.87. The SMILES string of the molecule is CC1(C)O[C@@H]2[C@@H]3C[C@H]([C@@H]2O1)[C@@]1(O)NN=C[C@@H]31.